The standard InChI is InChI=1S/C12H15FO3/c1-2-16-12(15)7-6-11(14)9-4-3-5-10(13)8-9/h3-5,8,11,14H,2,6-7H2,1H3. The zero-order chi connectivity index (χ0) is 12.0. The number of esters is 1. The molecule has 16 heavy (non-hydrogen) atoms. The summed E-state index contributed by atoms with van der Waals surface area (Å²) in [7, 11) is 0. The molecule has 0 saturated heterocycles. The lowest BCUT2D eigenvalue weighted by Crippen LogP contribution is -2.07. The van der Waals surface area contributed by atoms with Crippen LogP contribution < -0.4 is 0 Å². The van der Waals surface area contributed by atoms with E-state index in [1.165, 1.54) is 18.2 Å². The van der Waals surface area contributed by atoms with Gasteiger partial charge in [-0.25, -0.2) is 4.39 Å². The number of carbonyl (C=O) groups excluding carboxylic acids is 1. The lowest BCUT2D eigenvalue weighted by atomic mass is 10.1. The zero-order valence-corrected chi connectivity index (χ0v) is 9.15. The van der Waals surface area contributed by atoms with Crippen molar-refractivity contribution in [2.24, 2.45) is 0 Å². The van der Waals surface area contributed by atoms with Crippen LogP contribution in [0.5, 0.6) is 0 Å². The molecule has 0 saturated carbocycles. The number of rotatable bonds is 5. The fourth-order valence-corrected chi connectivity index (χ4v) is 1.37. The van der Waals surface area contributed by atoms with E-state index in [4.69, 9.17) is 4.74 Å². The summed E-state index contributed by atoms with van der Waals surface area (Å²) in [6.45, 7) is 2.05. The smallest absolute Gasteiger partial charge is 0.305 e. The maximum absolute atomic E-state index is 12.8. The Morgan fingerprint density at radius 2 is 2.31 bits per heavy atom. The van der Waals surface area contributed by atoms with Gasteiger partial charge in [0, 0.05) is 6.42 Å². The zero-order valence-electron chi connectivity index (χ0n) is 9.15. The third-order valence-corrected chi connectivity index (χ3v) is 2.16. The number of carbonyl (C=O) groups is 1. The Morgan fingerprint density at radius 3 is 2.94 bits per heavy atom. The second kappa shape index (κ2) is 6.23. The maximum Gasteiger partial charge on any atom is 0.305 e. The molecule has 88 valence electrons. The monoisotopic (exact) mass is 226 g/mol. The summed E-state index contributed by atoms with van der Waals surface area (Å²) >= 11 is 0. The Labute approximate surface area is 93.9 Å². The van der Waals surface area contributed by atoms with Crippen molar-refractivity contribution in [3.63, 3.8) is 0 Å². The van der Waals surface area contributed by atoms with E-state index in [9.17, 15) is 14.3 Å². The minimum Gasteiger partial charge on any atom is -0.466 e. The first kappa shape index (κ1) is 12.6. The molecule has 0 aliphatic rings. The van der Waals surface area contributed by atoms with Gasteiger partial charge in [-0.1, -0.05) is 12.1 Å². The van der Waals surface area contributed by atoms with Gasteiger partial charge in [0.15, 0.2) is 0 Å². The first-order valence-electron chi connectivity index (χ1n) is 5.22. The molecular weight excluding hydrogens is 211 g/mol. The first-order chi connectivity index (χ1) is 7.63. The molecule has 1 atom stereocenters. The predicted octanol–water partition coefficient (Wildman–Crippen LogP) is 2.20. The van der Waals surface area contributed by atoms with Crippen molar-refractivity contribution >= 4 is 5.97 Å². The summed E-state index contributed by atoms with van der Waals surface area (Å²) in [5, 5.41) is 9.69. The van der Waals surface area contributed by atoms with Crippen molar-refractivity contribution < 1.29 is 19.0 Å². The molecule has 0 aliphatic heterocycles. The van der Waals surface area contributed by atoms with E-state index in [-0.39, 0.29) is 18.8 Å². The lowest BCUT2D eigenvalue weighted by Gasteiger charge is -2.10. The molecule has 0 aliphatic carbocycles. The van der Waals surface area contributed by atoms with E-state index < -0.39 is 11.9 Å². The van der Waals surface area contributed by atoms with Crippen molar-refractivity contribution in [2.45, 2.75) is 25.9 Å². The number of aliphatic hydroxyl groups excluding tert-OH is 1. The fourth-order valence-electron chi connectivity index (χ4n) is 1.37. The van der Waals surface area contributed by atoms with E-state index in [0.717, 1.165) is 0 Å². The quantitative estimate of drug-likeness (QED) is 0.783. The van der Waals surface area contributed by atoms with Crippen molar-refractivity contribution in [2.75, 3.05) is 6.61 Å². The summed E-state index contributed by atoms with van der Waals surface area (Å²) in [4.78, 5) is 11.0. The van der Waals surface area contributed by atoms with Crippen molar-refractivity contribution in [1.29, 1.82) is 0 Å². The summed E-state index contributed by atoms with van der Waals surface area (Å²) in [5.74, 6) is -0.745. The molecule has 1 N–H and O–H groups in total. The SMILES string of the molecule is CCOC(=O)CCC(O)c1cccc(F)c1. The van der Waals surface area contributed by atoms with Crippen LogP contribution in [0.1, 0.15) is 31.4 Å². The molecule has 0 aromatic heterocycles. The average Bonchev–Trinajstić information content (AvgIpc) is 2.26. The number of benzene rings is 1. The molecule has 0 spiro atoms. The van der Waals surface area contributed by atoms with Gasteiger partial charge in [-0.15, -0.1) is 0 Å². The molecule has 1 aromatic carbocycles. The topological polar surface area (TPSA) is 46.5 Å². The minimum absolute atomic E-state index is 0.130. The van der Waals surface area contributed by atoms with Gasteiger partial charge in [0.25, 0.3) is 0 Å². The van der Waals surface area contributed by atoms with Gasteiger partial charge < -0.3 is 9.84 Å². The maximum atomic E-state index is 12.8. The normalized spacial score (nSPS) is 12.2. The van der Waals surface area contributed by atoms with Crippen LogP contribution >= 0.6 is 0 Å². The molecule has 0 radical (unpaired) electrons. The number of aliphatic hydroxyl groups is 1. The Bertz CT molecular complexity index is 352. The van der Waals surface area contributed by atoms with Crippen molar-refractivity contribution in [3.05, 3.63) is 35.6 Å². The van der Waals surface area contributed by atoms with Gasteiger partial charge in [0.05, 0.1) is 12.7 Å². The summed E-state index contributed by atoms with van der Waals surface area (Å²) in [6, 6.07) is 5.72. The highest BCUT2D eigenvalue weighted by atomic mass is 19.1. The highest BCUT2D eigenvalue weighted by Crippen LogP contribution is 2.19. The average molecular weight is 226 g/mol. The Hall–Kier alpha value is -1.42. The van der Waals surface area contributed by atoms with E-state index in [0.29, 0.717) is 12.2 Å². The second-order valence-corrected chi connectivity index (χ2v) is 3.41. The Morgan fingerprint density at radius 1 is 1.56 bits per heavy atom. The largest absolute Gasteiger partial charge is 0.466 e. The number of hydrogen-bond donors (Lipinski definition) is 1. The molecule has 3 nitrogen and oxygen atoms in total. The minimum atomic E-state index is -0.833. The summed E-state index contributed by atoms with van der Waals surface area (Å²) in [6.07, 6.45) is -0.464. The fraction of sp³-hybridized carbons (Fsp3) is 0.417. The van der Waals surface area contributed by atoms with Crippen LogP contribution in [0, 0.1) is 5.82 Å². The third kappa shape index (κ3) is 3.98. The van der Waals surface area contributed by atoms with E-state index in [1.807, 2.05) is 0 Å². The van der Waals surface area contributed by atoms with Crippen molar-refractivity contribution in [1.82, 2.24) is 0 Å². The molecule has 1 aromatic rings. The van der Waals surface area contributed by atoms with E-state index >= 15 is 0 Å². The van der Waals surface area contributed by atoms with Crippen LogP contribution in [0.25, 0.3) is 0 Å². The molecule has 0 fully saturated rings. The molecule has 1 unspecified atom stereocenters. The molecular formula is C12H15FO3. The van der Waals surface area contributed by atoms with Gasteiger partial charge in [-0.3, -0.25) is 4.79 Å². The van der Waals surface area contributed by atoms with Gasteiger partial charge >= 0.3 is 5.97 Å². The predicted molar refractivity (Wildman–Crippen MR) is 57.2 cm³/mol. The van der Waals surface area contributed by atoms with Gasteiger partial charge in [0.2, 0.25) is 0 Å². The summed E-state index contributed by atoms with van der Waals surface area (Å²) < 4.78 is 17.6. The van der Waals surface area contributed by atoms with E-state index in [2.05, 4.69) is 0 Å². The highest BCUT2D eigenvalue weighted by Gasteiger charge is 2.11. The molecule has 0 heterocycles. The van der Waals surface area contributed by atoms with Crippen LogP contribution in [-0.2, 0) is 9.53 Å². The second-order valence-electron chi connectivity index (χ2n) is 3.41. The summed E-state index contributed by atoms with van der Waals surface area (Å²) in [5.41, 5.74) is 0.476. The molecule has 4 heteroatoms. The Balaban J connectivity index is 2.46. The van der Waals surface area contributed by atoms with Gasteiger partial charge in [-0.05, 0) is 31.0 Å². The lowest BCUT2D eigenvalue weighted by molar-refractivity contribution is -0.143. The van der Waals surface area contributed by atoms with Crippen LogP contribution in [0.15, 0.2) is 24.3 Å². The van der Waals surface area contributed by atoms with Crippen LogP contribution in [-0.4, -0.2) is 17.7 Å². The molecule has 0 amide bonds. The van der Waals surface area contributed by atoms with Crippen LogP contribution in [0.4, 0.5) is 4.39 Å². The highest BCUT2D eigenvalue weighted by molar-refractivity contribution is 5.69. The molecule has 1 rings (SSSR count). The Kier molecular flexibility index (Phi) is 4.92. The number of hydrogen-bond acceptors (Lipinski definition) is 3. The first-order valence-corrected chi connectivity index (χ1v) is 5.22. The van der Waals surface area contributed by atoms with Gasteiger partial charge in [0.1, 0.15) is 5.82 Å². The van der Waals surface area contributed by atoms with E-state index in [1.54, 1.807) is 13.0 Å². The van der Waals surface area contributed by atoms with Crippen LogP contribution in [0.3, 0.4) is 0 Å². The number of halogens is 1. The number of ether oxygens (including phenoxy) is 1. The van der Waals surface area contributed by atoms with Crippen LogP contribution in [0.2, 0.25) is 0 Å². The third-order valence-electron chi connectivity index (χ3n) is 2.16. The van der Waals surface area contributed by atoms with Crippen molar-refractivity contribution in [3.8, 4) is 0 Å². The van der Waals surface area contributed by atoms with Gasteiger partial charge in [-0.2, -0.15) is 0 Å². The molecule has 0 bridgehead atoms.